The summed E-state index contributed by atoms with van der Waals surface area (Å²) in [6, 6.07) is 7.53. The van der Waals surface area contributed by atoms with Crippen molar-refractivity contribution < 1.29 is 9.26 Å². The molecule has 4 nitrogen and oxygen atoms in total. The van der Waals surface area contributed by atoms with Crippen LogP contribution in [0.5, 0.6) is 5.75 Å². The fourth-order valence-corrected chi connectivity index (χ4v) is 1.25. The van der Waals surface area contributed by atoms with E-state index in [4.69, 9.17) is 15.0 Å². The molecule has 0 radical (unpaired) electrons. The van der Waals surface area contributed by atoms with Crippen molar-refractivity contribution in [3.8, 4) is 17.6 Å². The van der Waals surface area contributed by atoms with Gasteiger partial charge in [0.15, 0.2) is 0 Å². The molecule has 0 atom stereocenters. The molecule has 0 amide bonds. The van der Waals surface area contributed by atoms with Gasteiger partial charge in [-0.2, -0.15) is 0 Å². The van der Waals surface area contributed by atoms with Gasteiger partial charge in [-0.05, 0) is 24.3 Å². The molecule has 86 valence electrons. The fraction of sp³-hybridized carbons (Fsp3) is 0.154. The lowest BCUT2D eigenvalue weighted by molar-refractivity contribution is 0.304. The normalized spacial score (nSPS) is 9.47. The molecule has 0 aliphatic heterocycles. The molecule has 0 unspecified atom stereocenters. The Morgan fingerprint density at radius 2 is 2.12 bits per heavy atom. The molecule has 0 aliphatic carbocycles. The topological polar surface area (TPSA) is 61.3 Å². The summed E-state index contributed by atoms with van der Waals surface area (Å²) in [7, 11) is 0. The predicted octanol–water partition coefficient (Wildman–Crippen LogP) is 1.56. The first-order valence-corrected chi connectivity index (χ1v) is 5.18. The van der Waals surface area contributed by atoms with Crippen LogP contribution in [0, 0.1) is 11.8 Å². The van der Waals surface area contributed by atoms with Crippen LogP contribution in [0.4, 0.5) is 0 Å². The molecule has 0 aliphatic rings. The van der Waals surface area contributed by atoms with Crippen LogP contribution in [-0.4, -0.2) is 11.7 Å². The van der Waals surface area contributed by atoms with Crippen LogP contribution in [0.3, 0.4) is 0 Å². The van der Waals surface area contributed by atoms with Gasteiger partial charge in [0.05, 0.1) is 12.7 Å². The first-order chi connectivity index (χ1) is 8.38. The van der Waals surface area contributed by atoms with Crippen molar-refractivity contribution in [2.75, 3.05) is 6.54 Å². The lowest BCUT2D eigenvalue weighted by Crippen LogP contribution is -1.94. The van der Waals surface area contributed by atoms with E-state index >= 15 is 0 Å². The molecule has 2 aromatic rings. The average Bonchev–Trinajstić information content (AvgIpc) is 2.88. The molecule has 17 heavy (non-hydrogen) atoms. The van der Waals surface area contributed by atoms with Crippen LogP contribution in [0.2, 0.25) is 0 Å². The summed E-state index contributed by atoms with van der Waals surface area (Å²) in [6.07, 6.45) is 3.18. The van der Waals surface area contributed by atoms with Crippen molar-refractivity contribution in [2.45, 2.75) is 6.61 Å². The average molecular weight is 228 g/mol. The summed E-state index contributed by atoms with van der Waals surface area (Å²) < 4.78 is 10.2. The number of hydrogen-bond acceptors (Lipinski definition) is 4. The first kappa shape index (κ1) is 11.2. The van der Waals surface area contributed by atoms with Gasteiger partial charge < -0.3 is 15.0 Å². The van der Waals surface area contributed by atoms with Gasteiger partial charge in [-0.15, -0.1) is 0 Å². The lowest BCUT2D eigenvalue weighted by Gasteiger charge is -2.03. The maximum atomic E-state index is 5.54. The van der Waals surface area contributed by atoms with E-state index in [9.17, 15) is 0 Å². The molecule has 0 saturated carbocycles. The maximum Gasteiger partial charge on any atom is 0.130 e. The number of ether oxygens (including phenoxy) is 1. The summed E-state index contributed by atoms with van der Waals surface area (Å²) in [5.41, 5.74) is 7.12. The standard InChI is InChI=1S/C13H12N2O2/c14-7-1-2-11-3-5-13(6-4-11)16-9-12-8-15-17-10-12/h3-6,8,10H,7,9,14H2. The molecule has 0 bridgehead atoms. The highest BCUT2D eigenvalue weighted by Gasteiger charge is 1.97. The Hall–Kier alpha value is -2.25. The molecule has 0 spiro atoms. The van der Waals surface area contributed by atoms with E-state index in [1.165, 1.54) is 0 Å². The zero-order valence-electron chi connectivity index (χ0n) is 9.22. The second-order valence-corrected chi connectivity index (χ2v) is 3.35. The Balaban J connectivity index is 1.94. The van der Waals surface area contributed by atoms with Gasteiger partial charge in [-0.25, -0.2) is 0 Å². The van der Waals surface area contributed by atoms with Crippen molar-refractivity contribution in [1.82, 2.24) is 5.16 Å². The predicted molar refractivity (Wildman–Crippen MR) is 63.2 cm³/mol. The van der Waals surface area contributed by atoms with Crippen molar-refractivity contribution in [1.29, 1.82) is 0 Å². The minimum Gasteiger partial charge on any atom is -0.489 e. The largest absolute Gasteiger partial charge is 0.489 e. The van der Waals surface area contributed by atoms with Crippen LogP contribution in [0.25, 0.3) is 0 Å². The zero-order chi connectivity index (χ0) is 11.9. The molecule has 4 heteroatoms. The first-order valence-electron chi connectivity index (χ1n) is 5.18. The van der Waals surface area contributed by atoms with Gasteiger partial charge in [-0.1, -0.05) is 17.0 Å². The van der Waals surface area contributed by atoms with Crippen LogP contribution in [-0.2, 0) is 6.61 Å². The molecule has 1 heterocycles. The third kappa shape index (κ3) is 3.37. The Morgan fingerprint density at radius 3 is 2.76 bits per heavy atom. The second kappa shape index (κ2) is 5.73. The van der Waals surface area contributed by atoms with Crippen molar-refractivity contribution >= 4 is 0 Å². The Kier molecular flexibility index (Phi) is 3.79. The Morgan fingerprint density at radius 1 is 1.29 bits per heavy atom. The summed E-state index contributed by atoms with van der Waals surface area (Å²) >= 11 is 0. The van der Waals surface area contributed by atoms with Crippen LogP contribution >= 0.6 is 0 Å². The Bertz CT molecular complexity index is 507. The fourth-order valence-electron chi connectivity index (χ4n) is 1.25. The highest BCUT2D eigenvalue weighted by molar-refractivity contribution is 5.38. The monoisotopic (exact) mass is 228 g/mol. The van der Waals surface area contributed by atoms with Gasteiger partial charge >= 0.3 is 0 Å². The van der Waals surface area contributed by atoms with Crippen molar-refractivity contribution in [3.63, 3.8) is 0 Å². The minimum absolute atomic E-state index is 0.367. The number of hydrogen-bond donors (Lipinski definition) is 1. The Labute approximate surface area is 99.4 Å². The summed E-state index contributed by atoms with van der Waals surface area (Å²) in [5, 5.41) is 3.60. The highest BCUT2D eigenvalue weighted by atomic mass is 16.5. The van der Waals surface area contributed by atoms with Gasteiger partial charge in [0, 0.05) is 11.1 Å². The van der Waals surface area contributed by atoms with Gasteiger partial charge in [0.2, 0.25) is 0 Å². The third-order valence-corrected chi connectivity index (χ3v) is 2.08. The number of nitrogens with zero attached hydrogens (tertiary/aromatic N) is 1. The smallest absolute Gasteiger partial charge is 0.130 e. The third-order valence-electron chi connectivity index (χ3n) is 2.08. The van der Waals surface area contributed by atoms with Gasteiger partial charge in [-0.3, -0.25) is 0 Å². The van der Waals surface area contributed by atoms with Gasteiger partial charge in [0.25, 0.3) is 0 Å². The molecular weight excluding hydrogens is 216 g/mol. The zero-order valence-corrected chi connectivity index (χ0v) is 9.22. The molecule has 2 N–H and O–H groups in total. The van der Waals surface area contributed by atoms with Crippen LogP contribution < -0.4 is 10.5 Å². The summed E-state index contributed by atoms with van der Waals surface area (Å²) in [4.78, 5) is 0. The van der Waals surface area contributed by atoms with E-state index in [1.807, 2.05) is 24.3 Å². The highest BCUT2D eigenvalue weighted by Crippen LogP contribution is 2.13. The molecule has 0 saturated heterocycles. The lowest BCUT2D eigenvalue weighted by atomic mass is 10.2. The van der Waals surface area contributed by atoms with E-state index in [0.717, 1.165) is 16.9 Å². The SMILES string of the molecule is NCC#Cc1ccc(OCc2cnoc2)cc1. The number of benzene rings is 1. The minimum atomic E-state index is 0.367. The summed E-state index contributed by atoms with van der Waals surface area (Å²) in [6.45, 7) is 0.809. The number of rotatable bonds is 3. The van der Waals surface area contributed by atoms with E-state index in [2.05, 4.69) is 17.0 Å². The van der Waals surface area contributed by atoms with Crippen molar-refractivity contribution in [2.24, 2.45) is 5.73 Å². The van der Waals surface area contributed by atoms with Crippen LogP contribution in [0.1, 0.15) is 11.1 Å². The molecule has 1 aromatic heterocycles. The van der Waals surface area contributed by atoms with Crippen LogP contribution in [0.15, 0.2) is 41.2 Å². The van der Waals surface area contributed by atoms with E-state index < -0.39 is 0 Å². The van der Waals surface area contributed by atoms with E-state index in [0.29, 0.717) is 13.2 Å². The number of nitrogens with two attached hydrogens (primary N) is 1. The maximum absolute atomic E-state index is 5.54. The van der Waals surface area contributed by atoms with E-state index in [-0.39, 0.29) is 0 Å². The summed E-state index contributed by atoms with van der Waals surface area (Å²) in [5.74, 6) is 6.52. The number of aromatic nitrogens is 1. The van der Waals surface area contributed by atoms with Crippen molar-refractivity contribution in [3.05, 3.63) is 47.9 Å². The second-order valence-electron chi connectivity index (χ2n) is 3.35. The molecular formula is C13H12N2O2. The molecule has 2 rings (SSSR count). The molecule has 1 aromatic carbocycles. The van der Waals surface area contributed by atoms with Gasteiger partial charge in [0.1, 0.15) is 18.6 Å². The van der Waals surface area contributed by atoms with E-state index in [1.54, 1.807) is 12.5 Å². The molecule has 0 fully saturated rings. The quantitative estimate of drug-likeness (QED) is 0.810.